The van der Waals surface area contributed by atoms with E-state index in [9.17, 15) is 14.4 Å². The molecular formula is C10H18N2O5. The highest BCUT2D eigenvalue weighted by Gasteiger charge is 2.28. The van der Waals surface area contributed by atoms with E-state index in [1.807, 2.05) is 0 Å². The SMILES string of the molecule is CCC(C(=O)O)N(C)C(=O)C(N)CCC(=O)O. The number of aliphatic carboxylic acids is 2. The van der Waals surface area contributed by atoms with Gasteiger partial charge in [-0.05, 0) is 12.8 Å². The van der Waals surface area contributed by atoms with Crippen LogP contribution in [-0.2, 0) is 14.4 Å². The van der Waals surface area contributed by atoms with Gasteiger partial charge in [-0.1, -0.05) is 6.92 Å². The monoisotopic (exact) mass is 246 g/mol. The summed E-state index contributed by atoms with van der Waals surface area (Å²) in [5, 5.41) is 17.3. The molecule has 0 spiro atoms. The zero-order chi connectivity index (χ0) is 13.6. The van der Waals surface area contributed by atoms with Gasteiger partial charge in [0.05, 0.1) is 6.04 Å². The first-order valence-electron chi connectivity index (χ1n) is 5.28. The molecule has 0 saturated carbocycles. The van der Waals surface area contributed by atoms with Gasteiger partial charge in [0.25, 0.3) is 0 Å². The number of amides is 1. The highest BCUT2D eigenvalue weighted by Crippen LogP contribution is 2.06. The molecule has 0 radical (unpaired) electrons. The van der Waals surface area contributed by atoms with Gasteiger partial charge >= 0.3 is 11.9 Å². The van der Waals surface area contributed by atoms with Crippen LogP contribution in [0.4, 0.5) is 0 Å². The number of carboxylic acids is 2. The molecule has 4 N–H and O–H groups in total. The van der Waals surface area contributed by atoms with E-state index in [1.54, 1.807) is 6.92 Å². The molecule has 17 heavy (non-hydrogen) atoms. The summed E-state index contributed by atoms with van der Waals surface area (Å²) in [6.45, 7) is 1.64. The van der Waals surface area contributed by atoms with Crippen LogP contribution in [0.1, 0.15) is 26.2 Å². The van der Waals surface area contributed by atoms with Gasteiger partial charge in [-0.3, -0.25) is 9.59 Å². The van der Waals surface area contributed by atoms with Crippen LogP contribution >= 0.6 is 0 Å². The average Bonchev–Trinajstić information content (AvgIpc) is 2.24. The zero-order valence-corrected chi connectivity index (χ0v) is 9.92. The van der Waals surface area contributed by atoms with Crippen molar-refractivity contribution in [3.8, 4) is 0 Å². The van der Waals surface area contributed by atoms with Crippen LogP contribution in [0, 0.1) is 0 Å². The molecule has 7 heteroatoms. The van der Waals surface area contributed by atoms with Gasteiger partial charge in [-0.25, -0.2) is 4.79 Å². The van der Waals surface area contributed by atoms with Crippen molar-refractivity contribution in [2.24, 2.45) is 5.73 Å². The molecule has 2 unspecified atom stereocenters. The van der Waals surface area contributed by atoms with Crippen LogP contribution in [0.25, 0.3) is 0 Å². The predicted molar refractivity (Wildman–Crippen MR) is 59.3 cm³/mol. The molecule has 0 aliphatic heterocycles. The van der Waals surface area contributed by atoms with Gasteiger partial charge < -0.3 is 20.8 Å². The number of nitrogens with two attached hydrogens (primary N) is 1. The normalized spacial score (nSPS) is 13.8. The van der Waals surface area contributed by atoms with Gasteiger partial charge in [0.1, 0.15) is 6.04 Å². The van der Waals surface area contributed by atoms with Crippen molar-refractivity contribution in [2.45, 2.75) is 38.3 Å². The number of hydrogen-bond acceptors (Lipinski definition) is 4. The third kappa shape index (κ3) is 4.81. The highest BCUT2D eigenvalue weighted by molar-refractivity contribution is 5.86. The zero-order valence-electron chi connectivity index (χ0n) is 9.92. The maximum Gasteiger partial charge on any atom is 0.326 e. The minimum absolute atomic E-state index is 0.00540. The summed E-state index contributed by atoms with van der Waals surface area (Å²) in [6, 6.07) is -1.91. The molecule has 0 fully saturated rings. The molecule has 0 bridgehead atoms. The predicted octanol–water partition coefficient (Wildman–Crippen LogP) is -0.500. The topological polar surface area (TPSA) is 121 Å². The van der Waals surface area contributed by atoms with E-state index >= 15 is 0 Å². The lowest BCUT2D eigenvalue weighted by atomic mass is 10.1. The Morgan fingerprint density at radius 2 is 1.82 bits per heavy atom. The number of carboxylic acid groups (broad SMARTS) is 2. The molecule has 98 valence electrons. The van der Waals surface area contributed by atoms with Gasteiger partial charge in [0.2, 0.25) is 5.91 Å². The van der Waals surface area contributed by atoms with Crippen molar-refractivity contribution < 1.29 is 24.6 Å². The van der Waals surface area contributed by atoms with E-state index in [1.165, 1.54) is 7.05 Å². The second-order valence-electron chi connectivity index (χ2n) is 3.75. The Balaban J connectivity index is 4.46. The van der Waals surface area contributed by atoms with Crippen LogP contribution in [0.5, 0.6) is 0 Å². The van der Waals surface area contributed by atoms with Crippen molar-refractivity contribution >= 4 is 17.8 Å². The Labute approximate surface area is 99.2 Å². The van der Waals surface area contributed by atoms with E-state index in [2.05, 4.69) is 0 Å². The van der Waals surface area contributed by atoms with Crippen molar-refractivity contribution in [1.82, 2.24) is 4.90 Å². The van der Waals surface area contributed by atoms with Crippen LogP contribution in [0.2, 0.25) is 0 Å². The first-order valence-corrected chi connectivity index (χ1v) is 5.28. The molecule has 0 aromatic carbocycles. The molecule has 0 rings (SSSR count). The molecule has 7 nitrogen and oxygen atoms in total. The number of rotatable bonds is 7. The molecule has 2 atom stereocenters. The van der Waals surface area contributed by atoms with Gasteiger partial charge in [0, 0.05) is 13.5 Å². The number of carbonyl (C=O) groups excluding carboxylic acids is 1. The smallest absolute Gasteiger partial charge is 0.326 e. The summed E-state index contributed by atoms with van der Waals surface area (Å²) < 4.78 is 0. The first-order chi connectivity index (χ1) is 7.81. The third-order valence-corrected chi connectivity index (χ3v) is 2.47. The Kier molecular flexibility index (Phi) is 6.19. The van der Waals surface area contributed by atoms with Gasteiger partial charge in [0.15, 0.2) is 0 Å². The minimum atomic E-state index is -1.10. The Morgan fingerprint density at radius 1 is 1.29 bits per heavy atom. The number of likely N-dealkylation sites (N-methyl/N-ethyl adjacent to an activating group) is 1. The molecule has 0 aromatic heterocycles. The lowest BCUT2D eigenvalue weighted by molar-refractivity contribution is -0.150. The van der Waals surface area contributed by atoms with Gasteiger partial charge in [-0.2, -0.15) is 0 Å². The lowest BCUT2D eigenvalue weighted by Gasteiger charge is -2.26. The molecule has 0 heterocycles. The first kappa shape index (κ1) is 15.4. The van der Waals surface area contributed by atoms with Crippen molar-refractivity contribution in [2.75, 3.05) is 7.05 Å². The average molecular weight is 246 g/mol. The molecular weight excluding hydrogens is 228 g/mol. The Hall–Kier alpha value is -1.63. The summed E-state index contributed by atoms with van der Waals surface area (Å²) in [5.74, 6) is -2.70. The molecule has 0 saturated heterocycles. The summed E-state index contributed by atoms with van der Waals surface area (Å²) in [7, 11) is 1.35. The van der Waals surface area contributed by atoms with E-state index in [0.717, 1.165) is 4.90 Å². The highest BCUT2D eigenvalue weighted by atomic mass is 16.4. The quantitative estimate of drug-likeness (QED) is 0.556. The lowest BCUT2D eigenvalue weighted by Crippen LogP contribution is -2.49. The van der Waals surface area contributed by atoms with Crippen LogP contribution in [0.15, 0.2) is 0 Å². The van der Waals surface area contributed by atoms with E-state index in [0.29, 0.717) is 0 Å². The number of carbonyl (C=O) groups is 3. The standard InChI is InChI=1S/C10H18N2O5/c1-3-7(10(16)17)12(2)9(15)6(11)4-5-8(13)14/h6-7H,3-5,11H2,1-2H3,(H,13,14)(H,16,17). The third-order valence-electron chi connectivity index (χ3n) is 2.47. The van der Waals surface area contributed by atoms with Crippen molar-refractivity contribution in [3.05, 3.63) is 0 Å². The number of hydrogen-bond donors (Lipinski definition) is 3. The van der Waals surface area contributed by atoms with Gasteiger partial charge in [-0.15, -0.1) is 0 Å². The van der Waals surface area contributed by atoms with E-state index < -0.39 is 29.9 Å². The molecule has 0 aliphatic rings. The van der Waals surface area contributed by atoms with Crippen LogP contribution in [0.3, 0.4) is 0 Å². The fourth-order valence-electron chi connectivity index (χ4n) is 1.43. The Bertz CT molecular complexity index is 305. The summed E-state index contributed by atoms with van der Waals surface area (Å²) in [6.07, 6.45) is 0.0440. The van der Waals surface area contributed by atoms with Crippen LogP contribution < -0.4 is 5.73 Å². The maximum absolute atomic E-state index is 11.7. The second-order valence-corrected chi connectivity index (χ2v) is 3.75. The molecule has 0 aliphatic carbocycles. The summed E-state index contributed by atoms with van der Waals surface area (Å²) in [4.78, 5) is 33.9. The molecule has 0 aromatic rings. The minimum Gasteiger partial charge on any atom is -0.481 e. The number of nitrogens with zero attached hydrogens (tertiary/aromatic N) is 1. The maximum atomic E-state index is 11.7. The van der Waals surface area contributed by atoms with Crippen molar-refractivity contribution in [1.29, 1.82) is 0 Å². The fraction of sp³-hybridized carbons (Fsp3) is 0.700. The molecule has 1 amide bonds. The fourth-order valence-corrected chi connectivity index (χ4v) is 1.43. The largest absolute Gasteiger partial charge is 0.481 e. The van der Waals surface area contributed by atoms with Crippen LogP contribution in [-0.4, -0.2) is 52.1 Å². The van der Waals surface area contributed by atoms with Crippen molar-refractivity contribution in [3.63, 3.8) is 0 Å². The Morgan fingerprint density at radius 3 is 2.18 bits per heavy atom. The second kappa shape index (κ2) is 6.85. The summed E-state index contributed by atoms with van der Waals surface area (Å²) in [5.41, 5.74) is 5.51. The summed E-state index contributed by atoms with van der Waals surface area (Å²) >= 11 is 0. The van der Waals surface area contributed by atoms with E-state index in [4.69, 9.17) is 15.9 Å². The van der Waals surface area contributed by atoms with E-state index in [-0.39, 0.29) is 19.3 Å².